The van der Waals surface area contributed by atoms with Crippen molar-refractivity contribution in [1.82, 2.24) is 15.1 Å². The molecule has 2 aliphatic rings. The molecule has 1 aromatic carbocycles. The summed E-state index contributed by atoms with van der Waals surface area (Å²) < 4.78 is 0. The van der Waals surface area contributed by atoms with Gasteiger partial charge in [-0.2, -0.15) is 0 Å². The molecule has 1 saturated heterocycles. The van der Waals surface area contributed by atoms with Gasteiger partial charge in [0.1, 0.15) is 0 Å². The third-order valence-electron chi connectivity index (χ3n) is 5.66. The average molecular weight is 358 g/mol. The first-order valence-corrected chi connectivity index (χ1v) is 10.2. The largest absolute Gasteiger partial charge is 0.370 e. The Bertz CT molecular complexity index is 552. The van der Waals surface area contributed by atoms with Gasteiger partial charge in [0.25, 0.3) is 0 Å². The van der Waals surface area contributed by atoms with Crippen molar-refractivity contribution in [1.29, 1.82) is 0 Å². The Labute approximate surface area is 158 Å². The molecule has 0 bridgehead atoms. The summed E-state index contributed by atoms with van der Waals surface area (Å²) in [6.07, 6.45) is 7.76. The first-order valence-electron chi connectivity index (χ1n) is 10.2. The first kappa shape index (κ1) is 19.2. The number of hydrogen-bond acceptors (Lipinski definition) is 3. The zero-order valence-corrected chi connectivity index (χ0v) is 16.3. The summed E-state index contributed by atoms with van der Waals surface area (Å²) in [5.41, 5.74) is 8.70. The summed E-state index contributed by atoms with van der Waals surface area (Å²) in [6.45, 7) is 6.35. The molecule has 0 spiro atoms. The van der Waals surface area contributed by atoms with Crippen molar-refractivity contribution in [2.75, 3.05) is 33.2 Å². The van der Waals surface area contributed by atoms with Crippen LogP contribution < -0.4 is 11.1 Å². The lowest BCUT2D eigenvalue weighted by Gasteiger charge is -2.32. The molecule has 0 unspecified atom stereocenters. The fourth-order valence-corrected chi connectivity index (χ4v) is 3.87. The summed E-state index contributed by atoms with van der Waals surface area (Å²) in [7, 11) is 2.20. The first-order chi connectivity index (χ1) is 12.7. The van der Waals surface area contributed by atoms with Crippen LogP contribution in [0.4, 0.5) is 0 Å². The molecule has 5 nitrogen and oxygen atoms in total. The van der Waals surface area contributed by atoms with Crippen LogP contribution >= 0.6 is 0 Å². The van der Waals surface area contributed by atoms with Gasteiger partial charge in [0.05, 0.1) is 6.54 Å². The van der Waals surface area contributed by atoms with Gasteiger partial charge in [0, 0.05) is 38.8 Å². The van der Waals surface area contributed by atoms with Crippen LogP contribution in [0.25, 0.3) is 0 Å². The van der Waals surface area contributed by atoms with Crippen LogP contribution in [0.15, 0.2) is 29.3 Å². The summed E-state index contributed by atoms with van der Waals surface area (Å²) in [5, 5.41) is 3.42. The lowest BCUT2D eigenvalue weighted by Crippen LogP contribution is -2.43. The van der Waals surface area contributed by atoms with Crippen molar-refractivity contribution < 1.29 is 0 Å². The Morgan fingerprint density at radius 2 is 1.62 bits per heavy atom. The number of rotatable bonds is 5. The molecule has 1 aromatic rings. The van der Waals surface area contributed by atoms with Crippen LogP contribution in [-0.4, -0.2) is 55.0 Å². The fraction of sp³-hybridized carbons (Fsp3) is 0.667. The maximum absolute atomic E-state index is 6.10. The highest BCUT2D eigenvalue weighted by Gasteiger charge is 2.14. The zero-order valence-electron chi connectivity index (χ0n) is 16.3. The number of hydrogen-bond donors (Lipinski definition) is 2. The number of likely N-dealkylation sites (N-methyl/N-ethyl adjacent to an activating group) is 1. The molecule has 5 heteroatoms. The number of piperazine rings is 1. The van der Waals surface area contributed by atoms with E-state index in [-0.39, 0.29) is 0 Å². The minimum atomic E-state index is 0.507. The average Bonchev–Trinajstić information content (AvgIpc) is 2.92. The van der Waals surface area contributed by atoms with Crippen LogP contribution in [0.5, 0.6) is 0 Å². The van der Waals surface area contributed by atoms with Gasteiger partial charge >= 0.3 is 0 Å². The minimum Gasteiger partial charge on any atom is -0.370 e. The normalized spacial score (nSPS) is 21.5. The van der Waals surface area contributed by atoms with Gasteiger partial charge in [-0.25, -0.2) is 4.99 Å². The second-order valence-electron chi connectivity index (χ2n) is 7.93. The molecule has 26 heavy (non-hydrogen) atoms. The highest BCUT2D eigenvalue weighted by molar-refractivity contribution is 5.78. The third kappa shape index (κ3) is 6.29. The fourth-order valence-electron chi connectivity index (χ4n) is 3.87. The topological polar surface area (TPSA) is 56.9 Å². The number of aliphatic imine (C=N–C) groups is 1. The van der Waals surface area contributed by atoms with E-state index in [1.54, 1.807) is 0 Å². The lowest BCUT2D eigenvalue weighted by molar-refractivity contribution is 0.148. The van der Waals surface area contributed by atoms with Crippen LogP contribution in [-0.2, 0) is 13.1 Å². The Kier molecular flexibility index (Phi) is 7.32. The third-order valence-corrected chi connectivity index (χ3v) is 5.66. The molecule has 2 fully saturated rings. The molecule has 1 saturated carbocycles. The highest BCUT2D eigenvalue weighted by atomic mass is 15.2. The van der Waals surface area contributed by atoms with Crippen molar-refractivity contribution in [3.8, 4) is 0 Å². The molecule has 0 radical (unpaired) electrons. The molecule has 0 aromatic heterocycles. The Balaban J connectivity index is 1.44. The van der Waals surface area contributed by atoms with Crippen molar-refractivity contribution in [3.05, 3.63) is 35.4 Å². The van der Waals surface area contributed by atoms with Gasteiger partial charge in [-0.15, -0.1) is 0 Å². The molecule has 1 aliphatic heterocycles. The van der Waals surface area contributed by atoms with E-state index in [1.807, 2.05) is 0 Å². The minimum absolute atomic E-state index is 0.507. The number of nitrogens with zero attached hydrogens (tertiary/aromatic N) is 3. The van der Waals surface area contributed by atoms with Crippen molar-refractivity contribution in [2.45, 2.75) is 57.7 Å². The van der Waals surface area contributed by atoms with Crippen molar-refractivity contribution >= 4 is 5.96 Å². The van der Waals surface area contributed by atoms with Crippen molar-refractivity contribution in [2.24, 2.45) is 10.7 Å². The molecule has 1 aliphatic carbocycles. The molecule has 144 valence electrons. The monoisotopic (exact) mass is 357 g/mol. The Hall–Kier alpha value is -1.59. The standard InChI is InChI=1S/C21H35N5/c1-25-12-14-26(15-13-25)17-19-10-8-18(9-11-19)16-23-21(22)24-20-6-4-2-3-5-7-20/h8-11,20H,2-7,12-17H2,1H3,(H3,22,23,24). The van der Waals surface area contributed by atoms with E-state index in [0.717, 1.165) is 19.6 Å². The van der Waals surface area contributed by atoms with Gasteiger partial charge in [-0.1, -0.05) is 49.9 Å². The number of nitrogens with two attached hydrogens (primary N) is 1. The SMILES string of the molecule is CN1CCN(Cc2ccc(CN=C(N)NC3CCCCCC3)cc2)CC1. The molecular weight excluding hydrogens is 322 g/mol. The van der Waals surface area contributed by atoms with Gasteiger partial charge < -0.3 is 16.0 Å². The maximum atomic E-state index is 6.10. The maximum Gasteiger partial charge on any atom is 0.189 e. The smallest absolute Gasteiger partial charge is 0.189 e. The van der Waals surface area contributed by atoms with E-state index < -0.39 is 0 Å². The summed E-state index contributed by atoms with van der Waals surface area (Å²) in [6, 6.07) is 9.35. The van der Waals surface area contributed by atoms with Gasteiger partial charge in [-0.3, -0.25) is 4.90 Å². The van der Waals surface area contributed by atoms with Gasteiger partial charge in [-0.05, 0) is 31.0 Å². The van der Waals surface area contributed by atoms with Gasteiger partial charge in [0.2, 0.25) is 0 Å². The lowest BCUT2D eigenvalue weighted by atomic mass is 10.1. The number of guanidine groups is 1. The molecule has 0 amide bonds. The molecule has 1 heterocycles. The van der Waals surface area contributed by atoms with E-state index in [4.69, 9.17) is 5.73 Å². The van der Waals surface area contributed by atoms with E-state index in [1.165, 1.54) is 62.7 Å². The Morgan fingerprint density at radius 3 is 2.27 bits per heavy atom. The number of benzene rings is 1. The molecular formula is C21H35N5. The summed E-state index contributed by atoms with van der Waals surface area (Å²) in [4.78, 5) is 9.46. The van der Waals surface area contributed by atoms with Crippen LogP contribution in [0.3, 0.4) is 0 Å². The Morgan fingerprint density at radius 1 is 1.00 bits per heavy atom. The number of nitrogens with one attached hydrogen (secondary N) is 1. The summed E-state index contributed by atoms with van der Waals surface area (Å²) in [5.74, 6) is 0.596. The second-order valence-corrected chi connectivity index (χ2v) is 7.93. The quantitative estimate of drug-likeness (QED) is 0.483. The highest BCUT2D eigenvalue weighted by Crippen LogP contribution is 2.17. The second kappa shape index (κ2) is 9.93. The predicted octanol–water partition coefficient (Wildman–Crippen LogP) is 2.56. The van der Waals surface area contributed by atoms with Crippen LogP contribution in [0, 0.1) is 0 Å². The summed E-state index contributed by atoms with van der Waals surface area (Å²) >= 11 is 0. The predicted molar refractivity (Wildman–Crippen MR) is 109 cm³/mol. The van der Waals surface area contributed by atoms with Crippen molar-refractivity contribution in [3.63, 3.8) is 0 Å². The van der Waals surface area contributed by atoms with Gasteiger partial charge in [0.15, 0.2) is 5.96 Å². The molecule has 3 N–H and O–H groups in total. The molecule has 0 atom stereocenters. The van der Waals surface area contributed by atoms with E-state index >= 15 is 0 Å². The zero-order chi connectivity index (χ0) is 18.2. The van der Waals surface area contributed by atoms with Crippen LogP contribution in [0.2, 0.25) is 0 Å². The van der Waals surface area contributed by atoms with E-state index in [9.17, 15) is 0 Å². The van der Waals surface area contributed by atoms with E-state index in [2.05, 4.69) is 51.4 Å². The van der Waals surface area contributed by atoms with Crippen LogP contribution in [0.1, 0.15) is 49.7 Å². The van der Waals surface area contributed by atoms with E-state index in [0.29, 0.717) is 18.5 Å². The molecule has 3 rings (SSSR count).